The average Bonchev–Trinajstić information content (AvgIpc) is 3.07. The van der Waals surface area contributed by atoms with Gasteiger partial charge in [0.15, 0.2) is 0 Å². The minimum atomic E-state index is -4.47. The largest absolute Gasteiger partial charge is 0.491 e. The van der Waals surface area contributed by atoms with Crippen LogP contribution in [0.15, 0.2) is 72.8 Å². The molecule has 0 spiro atoms. The molecule has 1 N–H and O–H groups in total. The second-order valence-corrected chi connectivity index (χ2v) is 11.1. The van der Waals surface area contributed by atoms with Gasteiger partial charge in [-0.05, 0) is 60.9 Å². The molecule has 0 fully saturated rings. The van der Waals surface area contributed by atoms with Gasteiger partial charge in [-0.2, -0.15) is 13.2 Å². The van der Waals surface area contributed by atoms with E-state index in [2.05, 4.69) is 24.4 Å². The van der Waals surface area contributed by atoms with Crippen molar-refractivity contribution >= 4 is 17.3 Å². The summed E-state index contributed by atoms with van der Waals surface area (Å²) in [6, 6.07) is 19.5. The van der Waals surface area contributed by atoms with E-state index in [1.54, 1.807) is 18.2 Å². The Morgan fingerprint density at radius 1 is 0.681 bits per heavy atom. The number of carbonyl (C=O) groups excluding carboxylic acids is 1. The molecule has 0 aliphatic rings. The maximum atomic E-state index is 13.0. The van der Waals surface area contributed by atoms with E-state index < -0.39 is 17.7 Å². The predicted octanol–water partition coefficient (Wildman–Crippen LogP) is 9.03. The van der Waals surface area contributed by atoms with Gasteiger partial charge in [0, 0.05) is 5.69 Å². The number of anilines is 2. The predicted molar refractivity (Wildman–Crippen MR) is 178 cm³/mol. The number of carbonyl (C=O) groups is 1. The molecule has 3 aromatic carbocycles. The van der Waals surface area contributed by atoms with Crippen molar-refractivity contribution in [3.05, 3.63) is 89.5 Å². The first-order chi connectivity index (χ1) is 22.9. The third kappa shape index (κ3) is 15.7. The van der Waals surface area contributed by atoms with Crippen LogP contribution in [0.25, 0.3) is 0 Å². The molecule has 0 amide bonds. The molecule has 0 saturated heterocycles. The van der Waals surface area contributed by atoms with Crippen molar-refractivity contribution in [3.63, 3.8) is 0 Å². The highest BCUT2D eigenvalue weighted by Crippen LogP contribution is 2.32. The number of benzene rings is 3. The standard InChI is InChI=1S/C37H48F3NO6/c1-2-3-4-5-6-7-8-12-30-17-19-33(20-18-30)46-27-25-44-23-21-43-22-24-45-26-28-47-36(42)34-15-9-10-16-35(34)41-32-14-11-13-31(29-32)37(38,39)40/h9-11,13-20,29,41H,2-8,12,21-28H2,1H3. The molecule has 3 rings (SSSR count). The lowest BCUT2D eigenvalue weighted by Crippen LogP contribution is -2.15. The first-order valence-corrected chi connectivity index (χ1v) is 16.5. The lowest BCUT2D eigenvalue weighted by Gasteiger charge is -2.13. The summed E-state index contributed by atoms with van der Waals surface area (Å²) >= 11 is 0. The summed E-state index contributed by atoms with van der Waals surface area (Å²) in [7, 11) is 0. The Morgan fingerprint density at radius 2 is 1.30 bits per heavy atom. The molecular formula is C37H48F3NO6. The molecule has 0 heterocycles. The van der Waals surface area contributed by atoms with Crippen LogP contribution < -0.4 is 10.1 Å². The van der Waals surface area contributed by atoms with Crippen LogP contribution in [0.5, 0.6) is 5.75 Å². The number of rotatable bonds is 24. The van der Waals surface area contributed by atoms with Gasteiger partial charge in [-0.15, -0.1) is 0 Å². The number of aryl methyl sites for hydroxylation is 1. The van der Waals surface area contributed by atoms with Gasteiger partial charge < -0.3 is 29.0 Å². The Morgan fingerprint density at radius 3 is 1.98 bits per heavy atom. The van der Waals surface area contributed by atoms with Gasteiger partial charge in [-0.1, -0.05) is 75.8 Å². The molecular weight excluding hydrogens is 611 g/mol. The highest BCUT2D eigenvalue weighted by Gasteiger charge is 2.30. The lowest BCUT2D eigenvalue weighted by molar-refractivity contribution is -0.137. The van der Waals surface area contributed by atoms with Gasteiger partial charge in [0.1, 0.15) is 19.0 Å². The van der Waals surface area contributed by atoms with E-state index in [0.29, 0.717) is 45.3 Å². The van der Waals surface area contributed by atoms with Crippen LogP contribution in [0, 0.1) is 0 Å². The Hall–Kier alpha value is -3.60. The number of hydrogen-bond donors (Lipinski definition) is 1. The van der Waals surface area contributed by atoms with Gasteiger partial charge in [0.25, 0.3) is 0 Å². The molecule has 0 unspecified atom stereocenters. The van der Waals surface area contributed by atoms with Crippen LogP contribution in [0.2, 0.25) is 0 Å². The first kappa shape index (κ1) is 37.9. The Kier molecular flexibility index (Phi) is 17.8. The van der Waals surface area contributed by atoms with Crippen molar-refractivity contribution < 1.29 is 41.7 Å². The fraction of sp³-hybridized carbons (Fsp3) is 0.486. The van der Waals surface area contributed by atoms with Crippen molar-refractivity contribution in [1.82, 2.24) is 0 Å². The van der Waals surface area contributed by atoms with Gasteiger partial charge in [0.2, 0.25) is 0 Å². The number of alkyl halides is 3. The second kappa shape index (κ2) is 22.1. The molecule has 0 aliphatic heterocycles. The van der Waals surface area contributed by atoms with E-state index >= 15 is 0 Å². The van der Waals surface area contributed by atoms with E-state index in [1.165, 1.54) is 68.7 Å². The minimum absolute atomic E-state index is 0.0156. The van der Waals surface area contributed by atoms with E-state index in [4.69, 9.17) is 23.7 Å². The number of unbranched alkanes of at least 4 members (excludes halogenated alkanes) is 6. The van der Waals surface area contributed by atoms with Crippen molar-refractivity contribution in [2.24, 2.45) is 0 Å². The SMILES string of the molecule is CCCCCCCCCc1ccc(OCCOCCOCCOCCOC(=O)c2ccccc2Nc2cccc(C(F)(F)F)c2)cc1. The van der Waals surface area contributed by atoms with Crippen molar-refractivity contribution in [3.8, 4) is 5.75 Å². The topological polar surface area (TPSA) is 75.2 Å². The monoisotopic (exact) mass is 659 g/mol. The lowest BCUT2D eigenvalue weighted by atomic mass is 10.0. The normalized spacial score (nSPS) is 11.4. The summed E-state index contributed by atoms with van der Waals surface area (Å²) in [6.07, 6.45) is 5.85. The molecule has 258 valence electrons. The van der Waals surface area contributed by atoms with Gasteiger partial charge in [0.05, 0.1) is 56.5 Å². The smallest absolute Gasteiger partial charge is 0.416 e. The maximum absolute atomic E-state index is 13.0. The highest BCUT2D eigenvalue weighted by atomic mass is 19.4. The van der Waals surface area contributed by atoms with Crippen LogP contribution in [0.1, 0.15) is 73.4 Å². The van der Waals surface area contributed by atoms with E-state index in [1.807, 2.05) is 12.1 Å². The number of nitrogens with one attached hydrogen (secondary N) is 1. The quantitative estimate of drug-likeness (QED) is 0.0760. The Balaban J connectivity index is 1.17. The third-order valence-electron chi connectivity index (χ3n) is 7.31. The molecule has 0 saturated carbocycles. The van der Waals surface area contributed by atoms with Gasteiger partial charge >= 0.3 is 12.1 Å². The molecule has 47 heavy (non-hydrogen) atoms. The molecule has 0 aromatic heterocycles. The summed E-state index contributed by atoms with van der Waals surface area (Å²) in [5, 5.41) is 2.87. The Labute approximate surface area is 276 Å². The number of ether oxygens (including phenoxy) is 5. The second-order valence-electron chi connectivity index (χ2n) is 11.1. The van der Waals surface area contributed by atoms with Crippen LogP contribution in [-0.2, 0) is 31.5 Å². The van der Waals surface area contributed by atoms with Crippen LogP contribution in [-0.4, -0.2) is 58.8 Å². The molecule has 0 radical (unpaired) electrons. The van der Waals surface area contributed by atoms with E-state index in [0.717, 1.165) is 24.3 Å². The van der Waals surface area contributed by atoms with Gasteiger partial charge in [-0.25, -0.2) is 4.79 Å². The van der Waals surface area contributed by atoms with Crippen molar-refractivity contribution in [1.29, 1.82) is 0 Å². The molecule has 10 heteroatoms. The molecule has 0 atom stereocenters. The number of halogens is 3. The fourth-order valence-corrected chi connectivity index (χ4v) is 4.77. The fourth-order valence-electron chi connectivity index (χ4n) is 4.77. The third-order valence-corrected chi connectivity index (χ3v) is 7.31. The maximum Gasteiger partial charge on any atom is 0.416 e. The zero-order chi connectivity index (χ0) is 33.6. The Bertz CT molecular complexity index is 1290. The zero-order valence-electron chi connectivity index (χ0n) is 27.3. The summed E-state index contributed by atoms with van der Waals surface area (Å²) in [4.78, 5) is 12.6. The number of para-hydroxylation sites is 1. The molecule has 3 aromatic rings. The van der Waals surface area contributed by atoms with Crippen molar-refractivity contribution in [2.45, 2.75) is 64.5 Å². The summed E-state index contributed by atoms with van der Waals surface area (Å²) in [5.41, 5.74) is 1.30. The minimum Gasteiger partial charge on any atom is -0.491 e. The molecule has 0 bridgehead atoms. The molecule has 7 nitrogen and oxygen atoms in total. The molecule has 0 aliphatic carbocycles. The average molecular weight is 660 g/mol. The van der Waals surface area contributed by atoms with E-state index in [9.17, 15) is 18.0 Å². The van der Waals surface area contributed by atoms with E-state index in [-0.39, 0.29) is 24.5 Å². The summed E-state index contributed by atoms with van der Waals surface area (Å²) < 4.78 is 66.7. The van der Waals surface area contributed by atoms with Gasteiger partial charge in [-0.3, -0.25) is 0 Å². The number of esters is 1. The van der Waals surface area contributed by atoms with Crippen LogP contribution in [0.4, 0.5) is 24.5 Å². The highest BCUT2D eigenvalue weighted by molar-refractivity contribution is 5.96. The van der Waals surface area contributed by atoms with Crippen molar-refractivity contribution in [2.75, 3.05) is 58.2 Å². The van der Waals surface area contributed by atoms with Crippen LogP contribution >= 0.6 is 0 Å². The first-order valence-electron chi connectivity index (χ1n) is 16.5. The summed E-state index contributed by atoms with van der Waals surface area (Å²) in [6.45, 7) is 4.90. The number of hydrogen-bond acceptors (Lipinski definition) is 7. The zero-order valence-corrected chi connectivity index (χ0v) is 27.3. The van der Waals surface area contributed by atoms with Crippen LogP contribution in [0.3, 0.4) is 0 Å². The summed E-state index contributed by atoms with van der Waals surface area (Å²) in [5.74, 6) is 0.226.